The van der Waals surface area contributed by atoms with Crippen molar-refractivity contribution in [1.82, 2.24) is 4.90 Å². The lowest BCUT2D eigenvalue weighted by Crippen LogP contribution is -2.29. The van der Waals surface area contributed by atoms with Crippen LogP contribution >= 0.6 is 0 Å². The van der Waals surface area contributed by atoms with E-state index in [1.807, 2.05) is 0 Å². The third-order valence-corrected chi connectivity index (χ3v) is 3.75. The Morgan fingerprint density at radius 3 is 2.55 bits per heavy atom. The summed E-state index contributed by atoms with van der Waals surface area (Å²) in [7, 11) is 3.09. The van der Waals surface area contributed by atoms with E-state index in [4.69, 9.17) is 14.6 Å². The first-order valence-electron chi connectivity index (χ1n) is 6.82. The van der Waals surface area contributed by atoms with Gasteiger partial charge in [-0.3, -0.25) is 4.79 Å². The quantitative estimate of drug-likeness (QED) is 0.888. The number of benzene rings is 1. The minimum Gasteiger partial charge on any atom is -0.496 e. The number of nitrogens with zero attached hydrogens (tertiary/aromatic N) is 1. The van der Waals surface area contributed by atoms with Crippen molar-refractivity contribution in [3.63, 3.8) is 0 Å². The Hall–Kier alpha value is -1.75. The first-order chi connectivity index (χ1) is 9.71. The van der Waals surface area contributed by atoms with Gasteiger partial charge in [0.15, 0.2) is 0 Å². The molecule has 1 aromatic carbocycles. The summed E-state index contributed by atoms with van der Waals surface area (Å²) >= 11 is 0. The highest BCUT2D eigenvalue weighted by atomic mass is 16.5. The van der Waals surface area contributed by atoms with Gasteiger partial charge < -0.3 is 19.5 Å². The molecule has 1 N–H and O–H groups in total. The summed E-state index contributed by atoms with van der Waals surface area (Å²) in [5, 5.41) is 8.99. The Kier molecular flexibility index (Phi) is 4.84. The number of carbonyl (C=O) groups excluding carboxylic acids is 1. The van der Waals surface area contributed by atoms with Crippen LogP contribution in [-0.2, 0) is 0 Å². The van der Waals surface area contributed by atoms with E-state index in [0.29, 0.717) is 36.1 Å². The highest BCUT2D eigenvalue weighted by Crippen LogP contribution is 2.31. The molecule has 1 amide bonds. The van der Waals surface area contributed by atoms with Crippen LogP contribution in [0.15, 0.2) is 18.2 Å². The molecule has 1 aliphatic rings. The van der Waals surface area contributed by atoms with Crippen molar-refractivity contribution in [1.29, 1.82) is 0 Å². The zero-order chi connectivity index (χ0) is 14.5. The van der Waals surface area contributed by atoms with Gasteiger partial charge in [0.05, 0.1) is 14.2 Å². The third kappa shape index (κ3) is 2.88. The van der Waals surface area contributed by atoms with Crippen molar-refractivity contribution in [2.75, 3.05) is 33.9 Å². The maximum absolute atomic E-state index is 12.7. The predicted molar refractivity (Wildman–Crippen MR) is 75.3 cm³/mol. The van der Waals surface area contributed by atoms with Gasteiger partial charge in [-0.1, -0.05) is 6.07 Å². The summed E-state index contributed by atoms with van der Waals surface area (Å²) in [6, 6.07) is 5.32. The molecular formula is C15H21NO4. The fraction of sp³-hybridized carbons (Fsp3) is 0.533. The number of hydrogen-bond donors (Lipinski definition) is 1. The lowest BCUT2D eigenvalue weighted by molar-refractivity contribution is 0.0778. The molecule has 0 bridgehead atoms. The largest absolute Gasteiger partial charge is 0.496 e. The molecule has 0 saturated carbocycles. The van der Waals surface area contributed by atoms with E-state index in [0.717, 1.165) is 12.8 Å². The zero-order valence-electron chi connectivity index (χ0n) is 12.0. The van der Waals surface area contributed by atoms with Crippen LogP contribution in [0.1, 0.15) is 23.2 Å². The van der Waals surface area contributed by atoms with Crippen LogP contribution in [0.25, 0.3) is 0 Å². The van der Waals surface area contributed by atoms with Gasteiger partial charge in [-0.05, 0) is 30.9 Å². The molecule has 1 atom stereocenters. The molecule has 0 aromatic heterocycles. The van der Waals surface area contributed by atoms with E-state index in [1.54, 1.807) is 37.3 Å². The number of likely N-dealkylation sites (tertiary alicyclic amines) is 1. The van der Waals surface area contributed by atoms with Gasteiger partial charge in [0, 0.05) is 19.7 Å². The predicted octanol–water partition coefficient (Wildman–Crippen LogP) is 1.55. The number of carbonyl (C=O) groups is 1. The minimum atomic E-state index is -0.0697. The normalized spacial score (nSPS) is 18.1. The number of rotatable bonds is 5. The van der Waals surface area contributed by atoms with Crippen molar-refractivity contribution < 1.29 is 19.4 Å². The Bertz CT molecular complexity index is 453. The maximum atomic E-state index is 12.7. The molecule has 0 radical (unpaired) electrons. The summed E-state index contributed by atoms with van der Waals surface area (Å²) in [4.78, 5) is 14.5. The zero-order valence-corrected chi connectivity index (χ0v) is 12.0. The minimum absolute atomic E-state index is 0.0697. The molecule has 1 fully saturated rings. The molecule has 2 rings (SSSR count). The third-order valence-electron chi connectivity index (χ3n) is 3.75. The van der Waals surface area contributed by atoms with Gasteiger partial charge in [-0.2, -0.15) is 0 Å². The Morgan fingerprint density at radius 2 is 2.00 bits per heavy atom. The van der Waals surface area contributed by atoms with Crippen LogP contribution in [0.3, 0.4) is 0 Å². The van der Waals surface area contributed by atoms with Crippen LogP contribution in [0.2, 0.25) is 0 Å². The molecule has 0 aliphatic carbocycles. The van der Waals surface area contributed by atoms with Gasteiger partial charge in [-0.25, -0.2) is 0 Å². The second-order valence-electron chi connectivity index (χ2n) is 4.96. The van der Waals surface area contributed by atoms with E-state index in [2.05, 4.69) is 0 Å². The van der Waals surface area contributed by atoms with Crippen LogP contribution in [0.4, 0.5) is 0 Å². The van der Waals surface area contributed by atoms with Crippen molar-refractivity contribution in [2.24, 2.45) is 5.92 Å². The molecule has 1 unspecified atom stereocenters. The molecule has 110 valence electrons. The Balaban J connectivity index is 2.21. The Morgan fingerprint density at radius 1 is 1.35 bits per heavy atom. The van der Waals surface area contributed by atoms with E-state index in [1.165, 1.54) is 0 Å². The summed E-state index contributed by atoms with van der Waals surface area (Å²) in [6.07, 6.45) is 1.68. The second-order valence-corrected chi connectivity index (χ2v) is 4.96. The summed E-state index contributed by atoms with van der Waals surface area (Å²) in [5.41, 5.74) is 0.474. The second kappa shape index (κ2) is 6.61. The smallest absolute Gasteiger partial charge is 0.261 e. The van der Waals surface area contributed by atoms with Crippen LogP contribution in [0, 0.1) is 5.92 Å². The van der Waals surface area contributed by atoms with Crippen LogP contribution < -0.4 is 9.47 Å². The van der Waals surface area contributed by atoms with E-state index < -0.39 is 0 Å². The van der Waals surface area contributed by atoms with Crippen molar-refractivity contribution >= 4 is 5.91 Å². The average molecular weight is 279 g/mol. The van der Waals surface area contributed by atoms with Crippen LogP contribution in [-0.4, -0.2) is 49.8 Å². The molecule has 1 saturated heterocycles. The fourth-order valence-electron chi connectivity index (χ4n) is 2.66. The maximum Gasteiger partial charge on any atom is 0.261 e. The average Bonchev–Trinajstić information content (AvgIpc) is 2.94. The molecule has 1 aliphatic heterocycles. The van der Waals surface area contributed by atoms with Crippen molar-refractivity contribution in [2.45, 2.75) is 12.8 Å². The van der Waals surface area contributed by atoms with Crippen molar-refractivity contribution in [3.8, 4) is 11.5 Å². The standard InChI is InChI=1S/C15H21NO4/c1-19-12-4-3-5-13(20-2)14(12)15(18)16-8-6-11(10-16)7-9-17/h3-5,11,17H,6-10H2,1-2H3. The summed E-state index contributed by atoms with van der Waals surface area (Å²) in [5.74, 6) is 1.37. The molecular weight excluding hydrogens is 258 g/mol. The first-order valence-corrected chi connectivity index (χ1v) is 6.82. The van der Waals surface area contributed by atoms with Crippen molar-refractivity contribution in [3.05, 3.63) is 23.8 Å². The fourth-order valence-corrected chi connectivity index (χ4v) is 2.66. The number of aliphatic hydroxyl groups excluding tert-OH is 1. The molecule has 0 spiro atoms. The van der Waals surface area contributed by atoms with Gasteiger partial charge >= 0.3 is 0 Å². The molecule has 1 aromatic rings. The van der Waals surface area contributed by atoms with Gasteiger partial charge in [0.25, 0.3) is 5.91 Å². The highest BCUT2D eigenvalue weighted by molar-refractivity contribution is 5.99. The van der Waals surface area contributed by atoms with Gasteiger partial charge in [0.2, 0.25) is 0 Å². The molecule has 20 heavy (non-hydrogen) atoms. The Labute approximate surface area is 119 Å². The van der Waals surface area contributed by atoms with E-state index in [-0.39, 0.29) is 12.5 Å². The van der Waals surface area contributed by atoms with Gasteiger partial charge in [0.1, 0.15) is 17.1 Å². The highest BCUT2D eigenvalue weighted by Gasteiger charge is 2.30. The lowest BCUT2D eigenvalue weighted by atomic mass is 10.1. The summed E-state index contributed by atoms with van der Waals surface area (Å²) in [6.45, 7) is 1.57. The number of aliphatic hydroxyl groups is 1. The van der Waals surface area contributed by atoms with Crippen LogP contribution in [0.5, 0.6) is 11.5 Å². The van der Waals surface area contributed by atoms with E-state index >= 15 is 0 Å². The summed E-state index contributed by atoms with van der Waals surface area (Å²) < 4.78 is 10.6. The molecule has 1 heterocycles. The number of methoxy groups -OCH3 is 2. The first kappa shape index (κ1) is 14.7. The van der Waals surface area contributed by atoms with E-state index in [9.17, 15) is 4.79 Å². The number of hydrogen-bond acceptors (Lipinski definition) is 4. The lowest BCUT2D eigenvalue weighted by Gasteiger charge is -2.19. The van der Waals surface area contributed by atoms with Gasteiger partial charge in [-0.15, -0.1) is 0 Å². The molecule has 5 heteroatoms. The number of amides is 1. The number of ether oxygens (including phenoxy) is 2. The monoisotopic (exact) mass is 279 g/mol. The topological polar surface area (TPSA) is 59.0 Å². The molecule has 5 nitrogen and oxygen atoms in total. The SMILES string of the molecule is COc1cccc(OC)c1C(=O)N1CCC(CCO)C1.